The molecule has 0 aliphatic carbocycles. The van der Waals surface area contributed by atoms with E-state index in [2.05, 4.69) is 5.32 Å². The fourth-order valence-electron chi connectivity index (χ4n) is 4.90. The van der Waals surface area contributed by atoms with Crippen molar-refractivity contribution in [1.29, 1.82) is 0 Å². The lowest BCUT2D eigenvalue weighted by atomic mass is 9.95. The number of carbonyl (C=O) groups is 3. The summed E-state index contributed by atoms with van der Waals surface area (Å²) in [5.41, 5.74) is 7.53. The molecule has 2 fully saturated rings. The van der Waals surface area contributed by atoms with E-state index in [0.29, 0.717) is 38.0 Å². The van der Waals surface area contributed by atoms with Gasteiger partial charge < -0.3 is 10.6 Å². The Hall–Kier alpha value is -2.46. The number of piperidine rings is 2. The third-order valence-electron chi connectivity index (χ3n) is 6.67. The van der Waals surface area contributed by atoms with Gasteiger partial charge in [-0.2, -0.15) is 13.2 Å². The second-order valence-corrected chi connectivity index (χ2v) is 8.90. The standard InChI is InChI=1S/C22H27F3N4O3/c23-22(24,25)18(26)10-15-3-1-2-8-28(15)11-13-4-5-14-12-29(21(32)16(14)9-13)17-6-7-19(30)27-20(17)31/h4-5,9,15,17-18H,1-3,6-8,10-12,26H2,(H,27,30,31). The molecule has 174 valence electrons. The number of nitrogens with one attached hydrogen (secondary N) is 1. The number of fused-ring (bicyclic) bond motifs is 1. The molecule has 3 aliphatic heterocycles. The number of hydrogen-bond acceptors (Lipinski definition) is 5. The number of nitrogens with zero attached hydrogens (tertiary/aromatic N) is 2. The summed E-state index contributed by atoms with van der Waals surface area (Å²) in [6, 6.07) is 2.72. The minimum absolute atomic E-state index is 0.142. The van der Waals surface area contributed by atoms with Gasteiger partial charge in [0, 0.05) is 31.1 Å². The van der Waals surface area contributed by atoms with Gasteiger partial charge in [-0.3, -0.25) is 24.6 Å². The molecule has 1 aromatic carbocycles. The third kappa shape index (κ3) is 4.66. The van der Waals surface area contributed by atoms with Crippen molar-refractivity contribution in [2.24, 2.45) is 5.73 Å². The lowest BCUT2D eigenvalue weighted by Gasteiger charge is -2.37. The maximum absolute atomic E-state index is 13.0. The zero-order chi connectivity index (χ0) is 23.0. The summed E-state index contributed by atoms with van der Waals surface area (Å²) in [5.74, 6) is -1.05. The number of hydrogen-bond donors (Lipinski definition) is 2. The molecule has 3 aliphatic rings. The molecule has 0 spiro atoms. The number of imide groups is 1. The molecule has 4 rings (SSSR count). The molecule has 0 bridgehead atoms. The van der Waals surface area contributed by atoms with Crippen LogP contribution in [0.15, 0.2) is 18.2 Å². The van der Waals surface area contributed by atoms with Crippen LogP contribution in [-0.2, 0) is 22.7 Å². The molecular weight excluding hydrogens is 425 g/mol. The number of amides is 3. The van der Waals surface area contributed by atoms with Gasteiger partial charge in [0.05, 0.1) is 0 Å². The van der Waals surface area contributed by atoms with Crippen LogP contribution in [0.4, 0.5) is 13.2 Å². The van der Waals surface area contributed by atoms with E-state index in [-0.39, 0.29) is 30.7 Å². The van der Waals surface area contributed by atoms with E-state index in [9.17, 15) is 27.6 Å². The van der Waals surface area contributed by atoms with Crippen LogP contribution in [0.1, 0.15) is 60.0 Å². The number of likely N-dealkylation sites (tertiary alicyclic amines) is 1. The summed E-state index contributed by atoms with van der Waals surface area (Å²) in [5, 5.41) is 2.28. The molecular formula is C22H27F3N4O3. The molecule has 3 heterocycles. The Balaban J connectivity index is 1.46. The van der Waals surface area contributed by atoms with Gasteiger partial charge in [-0.05, 0) is 49.4 Å². The average molecular weight is 452 g/mol. The lowest BCUT2D eigenvalue weighted by Crippen LogP contribution is -2.52. The highest BCUT2D eigenvalue weighted by molar-refractivity contribution is 6.05. The molecule has 0 aromatic heterocycles. The first-order valence-corrected chi connectivity index (χ1v) is 11.0. The van der Waals surface area contributed by atoms with Gasteiger partial charge in [-0.15, -0.1) is 0 Å². The minimum atomic E-state index is -4.41. The van der Waals surface area contributed by atoms with Gasteiger partial charge in [0.15, 0.2) is 0 Å². The van der Waals surface area contributed by atoms with E-state index in [1.54, 1.807) is 6.07 Å². The van der Waals surface area contributed by atoms with Gasteiger partial charge in [-0.25, -0.2) is 0 Å². The van der Waals surface area contributed by atoms with Crippen LogP contribution < -0.4 is 11.1 Å². The van der Waals surface area contributed by atoms with Gasteiger partial charge in [0.25, 0.3) is 5.91 Å². The van der Waals surface area contributed by atoms with E-state index < -0.39 is 24.2 Å². The van der Waals surface area contributed by atoms with Gasteiger partial charge in [0.1, 0.15) is 12.1 Å². The first-order chi connectivity index (χ1) is 15.1. The Morgan fingerprint density at radius 2 is 1.94 bits per heavy atom. The summed E-state index contributed by atoms with van der Waals surface area (Å²) in [4.78, 5) is 40.1. The van der Waals surface area contributed by atoms with Crippen LogP contribution in [-0.4, -0.2) is 58.4 Å². The molecule has 0 radical (unpaired) electrons. The van der Waals surface area contributed by atoms with Gasteiger partial charge in [0.2, 0.25) is 11.8 Å². The second-order valence-electron chi connectivity index (χ2n) is 8.90. The molecule has 0 saturated carbocycles. The molecule has 2 saturated heterocycles. The van der Waals surface area contributed by atoms with E-state index in [4.69, 9.17) is 5.73 Å². The topological polar surface area (TPSA) is 95.7 Å². The summed E-state index contributed by atoms with van der Waals surface area (Å²) in [6.07, 6.45) is -1.62. The second kappa shape index (κ2) is 8.82. The van der Waals surface area contributed by atoms with Crippen molar-refractivity contribution in [2.45, 2.75) is 75.9 Å². The van der Waals surface area contributed by atoms with Crippen molar-refractivity contribution in [3.8, 4) is 0 Å². The monoisotopic (exact) mass is 452 g/mol. The van der Waals surface area contributed by atoms with Crippen molar-refractivity contribution >= 4 is 17.7 Å². The summed E-state index contributed by atoms with van der Waals surface area (Å²) in [6.45, 7) is 1.42. The minimum Gasteiger partial charge on any atom is -0.322 e. The molecule has 3 amide bonds. The Bertz CT molecular complexity index is 920. The van der Waals surface area contributed by atoms with Crippen molar-refractivity contribution < 1.29 is 27.6 Å². The van der Waals surface area contributed by atoms with Crippen LogP contribution >= 0.6 is 0 Å². The molecule has 3 atom stereocenters. The predicted octanol–water partition coefficient (Wildman–Crippen LogP) is 2.08. The van der Waals surface area contributed by atoms with E-state index >= 15 is 0 Å². The normalized spacial score (nSPS) is 25.6. The van der Waals surface area contributed by atoms with Crippen molar-refractivity contribution in [3.63, 3.8) is 0 Å². The molecule has 32 heavy (non-hydrogen) atoms. The van der Waals surface area contributed by atoms with Crippen LogP contribution in [0.5, 0.6) is 0 Å². The predicted molar refractivity (Wildman–Crippen MR) is 109 cm³/mol. The summed E-state index contributed by atoms with van der Waals surface area (Å²) < 4.78 is 38.9. The Morgan fingerprint density at radius 1 is 1.16 bits per heavy atom. The first-order valence-electron chi connectivity index (χ1n) is 11.0. The van der Waals surface area contributed by atoms with E-state index in [1.165, 1.54) is 4.90 Å². The first kappa shape index (κ1) is 22.7. The zero-order valence-corrected chi connectivity index (χ0v) is 17.7. The number of alkyl halides is 3. The third-order valence-corrected chi connectivity index (χ3v) is 6.67. The maximum Gasteiger partial charge on any atom is 0.403 e. The van der Waals surface area contributed by atoms with Crippen molar-refractivity contribution in [1.82, 2.24) is 15.1 Å². The molecule has 1 aromatic rings. The number of rotatable bonds is 5. The molecule has 10 heteroatoms. The SMILES string of the molecule is NC(CC1CCCCN1Cc1ccc2c(c1)C(=O)N(C1CCC(=O)NC1=O)C2)C(F)(F)F. The Kier molecular flexibility index (Phi) is 6.26. The Morgan fingerprint density at radius 3 is 2.66 bits per heavy atom. The van der Waals surface area contributed by atoms with Crippen LogP contribution in [0.2, 0.25) is 0 Å². The van der Waals surface area contributed by atoms with E-state index in [0.717, 1.165) is 24.0 Å². The molecule has 7 nitrogen and oxygen atoms in total. The van der Waals surface area contributed by atoms with Crippen LogP contribution in [0, 0.1) is 0 Å². The van der Waals surface area contributed by atoms with Gasteiger partial charge in [-0.1, -0.05) is 18.6 Å². The average Bonchev–Trinajstić information content (AvgIpc) is 3.05. The smallest absolute Gasteiger partial charge is 0.322 e. The summed E-state index contributed by atoms with van der Waals surface area (Å²) in [7, 11) is 0. The highest BCUT2D eigenvalue weighted by Crippen LogP contribution is 2.31. The highest BCUT2D eigenvalue weighted by Gasteiger charge is 2.40. The quantitative estimate of drug-likeness (QED) is 0.667. The van der Waals surface area contributed by atoms with Crippen LogP contribution in [0.3, 0.4) is 0 Å². The fraction of sp³-hybridized carbons (Fsp3) is 0.591. The maximum atomic E-state index is 13.0. The number of carbonyl (C=O) groups excluding carboxylic acids is 3. The Labute approximate surface area is 184 Å². The number of halogens is 3. The largest absolute Gasteiger partial charge is 0.403 e. The number of benzene rings is 1. The van der Waals surface area contributed by atoms with Crippen LogP contribution in [0.25, 0.3) is 0 Å². The number of nitrogens with two attached hydrogens (primary N) is 1. The van der Waals surface area contributed by atoms with Crippen molar-refractivity contribution in [2.75, 3.05) is 6.54 Å². The van der Waals surface area contributed by atoms with E-state index in [1.807, 2.05) is 17.0 Å². The zero-order valence-electron chi connectivity index (χ0n) is 17.7. The lowest BCUT2D eigenvalue weighted by molar-refractivity contribution is -0.152. The summed E-state index contributed by atoms with van der Waals surface area (Å²) >= 11 is 0. The molecule has 3 N–H and O–H groups in total. The highest BCUT2D eigenvalue weighted by atomic mass is 19.4. The van der Waals surface area contributed by atoms with Gasteiger partial charge >= 0.3 is 6.18 Å². The fourth-order valence-corrected chi connectivity index (χ4v) is 4.90. The molecule has 3 unspecified atom stereocenters. The van der Waals surface area contributed by atoms with Crippen molar-refractivity contribution in [3.05, 3.63) is 34.9 Å².